The molecule has 0 aliphatic carbocycles. The van der Waals surface area contributed by atoms with Crippen LogP contribution in [-0.2, 0) is 10.0 Å². The molecule has 1 aliphatic heterocycles. The first-order valence-electron chi connectivity index (χ1n) is 3.77. The quantitative estimate of drug-likeness (QED) is 0.579. The van der Waals surface area contributed by atoms with Crippen molar-refractivity contribution in [1.82, 2.24) is 0 Å². The first-order chi connectivity index (χ1) is 5.23. The van der Waals surface area contributed by atoms with Gasteiger partial charge in [0.2, 0.25) is 0 Å². The molecule has 1 heterocycles. The van der Waals surface area contributed by atoms with Crippen molar-refractivity contribution in [1.29, 1.82) is 0 Å². The van der Waals surface area contributed by atoms with Gasteiger partial charge in [0.25, 0.3) is 10.0 Å². The molecular weight excluding hydrogens is 174 g/mol. The second-order valence-corrected chi connectivity index (χ2v) is 5.73. The summed E-state index contributed by atoms with van der Waals surface area (Å²) < 4.78 is 26.0. The SMILES string of the molecule is CC1=CC(C(C)(C)C)=NS1(=O)=O. The average Bonchev–Trinajstić information content (AvgIpc) is 2.06. The molecule has 0 N–H and O–H groups in total. The lowest BCUT2D eigenvalue weighted by molar-refractivity contribution is 0.590. The zero-order chi connectivity index (χ0) is 9.57. The van der Waals surface area contributed by atoms with Crippen LogP contribution in [0.2, 0.25) is 0 Å². The molecule has 0 unspecified atom stereocenters. The van der Waals surface area contributed by atoms with E-state index in [4.69, 9.17) is 0 Å². The zero-order valence-electron chi connectivity index (χ0n) is 7.75. The molecule has 12 heavy (non-hydrogen) atoms. The highest BCUT2D eigenvalue weighted by molar-refractivity contribution is 7.94. The Kier molecular flexibility index (Phi) is 1.91. The van der Waals surface area contributed by atoms with Gasteiger partial charge in [-0.15, -0.1) is 0 Å². The third kappa shape index (κ3) is 1.58. The molecule has 4 heteroatoms. The van der Waals surface area contributed by atoms with Crippen molar-refractivity contribution in [2.75, 3.05) is 0 Å². The summed E-state index contributed by atoms with van der Waals surface area (Å²) in [4.78, 5) is 0.340. The van der Waals surface area contributed by atoms with Crippen molar-refractivity contribution in [3.8, 4) is 0 Å². The smallest absolute Gasteiger partial charge is 0.200 e. The Morgan fingerprint density at radius 2 is 1.83 bits per heavy atom. The molecule has 0 aromatic carbocycles. The van der Waals surface area contributed by atoms with Gasteiger partial charge in [0.1, 0.15) is 0 Å². The van der Waals surface area contributed by atoms with Crippen LogP contribution in [0.3, 0.4) is 0 Å². The molecule has 68 valence electrons. The summed E-state index contributed by atoms with van der Waals surface area (Å²) in [7, 11) is -3.31. The van der Waals surface area contributed by atoms with E-state index in [0.717, 1.165) is 0 Å². The van der Waals surface area contributed by atoms with E-state index >= 15 is 0 Å². The van der Waals surface area contributed by atoms with Gasteiger partial charge in [0, 0.05) is 5.41 Å². The minimum Gasteiger partial charge on any atom is -0.200 e. The third-order valence-electron chi connectivity index (χ3n) is 1.73. The number of rotatable bonds is 0. The molecule has 0 atom stereocenters. The van der Waals surface area contributed by atoms with Crippen LogP contribution >= 0.6 is 0 Å². The Labute approximate surface area is 73.3 Å². The minimum atomic E-state index is -3.31. The Bertz CT molecular complexity index is 355. The fourth-order valence-electron chi connectivity index (χ4n) is 0.848. The molecule has 0 saturated heterocycles. The number of hydrogen-bond donors (Lipinski definition) is 0. The lowest BCUT2D eigenvalue weighted by Gasteiger charge is -2.15. The fraction of sp³-hybridized carbons (Fsp3) is 0.625. The summed E-state index contributed by atoms with van der Waals surface area (Å²) >= 11 is 0. The van der Waals surface area contributed by atoms with Crippen LogP contribution in [0.4, 0.5) is 0 Å². The second-order valence-electron chi connectivity index (χ2n) is 3.96. The molecule has 1 aliphatic rings. The summed E-state index contributed by atoms with van der Waals surface area (Å²) in [6.45, 7) is 7.39. The van der Waals surface area contributed by atoms with Crippen LogP contribution in [0.15, 0.2) is 15.4 Å². The minimum absolute atomic E-state index is 0.190. The maximum atomic E-state index is 11.2. The van der Waals surface area contributed by atoms with Gasteiger partial charge in [-0.25, -0.2) is 0 Å². The van der Waals surface area contributed by atoms with Crippen molar-refractivity contribution in [3.63, 3.8) is 0 Å². The maximum absolute atomic E-state index is 11.2. The van der Waals surface area contributed by atoms with Crippen LogP contribution < -0.4 is 0 Å². The highest BCUT2D eigenvalue weighted by Crippen LogP contribution is 2.26. The van der Waals surface area contributed by atoms with Crippen LogP contribution in [0, 0.1) is 5.41 Å². The van der Waals surface area contributed by atoms with E-state index in [0.29, 0.717) is 10.6 Å². The molecule has 0 fully saturated rings. The lowest BCUT2D eigenvalue weighted by Crippen LogP contribution is -2.16. The van der Waals surface area contributed by atoms with Crippen LogP contribution in [-0.4, -0.2) is 14.1 Å². The molecule has 0 bridgehead atoms. The summed E-state index contributed by atoms with van der Waals surface area (Å²) in [5, 5.41) is 0. The van der Waals surface area contributed by atoms with Gasteiger partial charge in [-0.05, 0) is 13.0 Å². The van der Waals surface area contributed by atoms with Gasteiger partial charge in [-0.2, -0.15) is 12.8 Å². The second kappa shape index (κ2) is 2.42. The van der Waals surface area contributed by atoms with Gasteiger partial charge in [-0.1, -0.05) is 20.8 Å². The summed E-state index contributed by atoms with van der Waals surface area (Å²) in [5.74, 6) is 0. The van der Waals surface area contributed by atoms with Crippen LogP contribution in [0.1, 0.15) is 27.7 Å². The van der Waals surface area contributed by atoms with Crippen LogP contribution in [0.25, 0.3) is 0 Å². The van der Waals surface area contributed by atoms with Gasteiger partial charge >= 0.3 is 0 Å². The molecule has 0 spiro atoms. The normalized spacial score (nSPS) is 22.0. The standard InChI is InChI=1S/C8H13NO2S/c1-6-5-7(8(2,3)4)9-12(6,10)11/h5H,1-4H3. The average molecular weight is 187 g/mol. The predicted octanol–water partition coefficient (Wildman–Crippen LogP) is 1.72. The third-order valence-corrected chi connectivity index (χ3v) is 3.10. The lowest BCUT2D eigenvalue weighted by atomic mass is 9.90. The first-order valence-corrected chi connectivity index (χ1v) is 5.21. The Hall–Kier alpha value is -0.640. The molecule has 0 aromatic heterocycles. The molecule has 3 nitrogen and oxygen atoms in total. The zero-order valence-corrected chi connectivity index (χ0v) is 8.57. The van der Waals surface area contributed by atoms with E-state index in [1.807, 2.05) is 20.8 Å². The number of nitrogens with zero attached hydrogens (tertiary/aromatic N) is 1. The number of allylic oxidation sites excluding steroid dienone is 2. The van der Waals surface area contributed by atoms with Crippen molar-refractivity contribution >= 4 is 15.7 Å². The molecule has 0 aromatic rings. The Balaban J connectivity index is 3.20. The van der Waals surface area contributed by atoms with Gasteiger partial charge in [0.05, 0.1) is 10.6 Å². The monoisotopic (exact) mass is 187 g/mol. The van der Waals surface area contributed by atoms with E-state index < -0.39 is 10.0 Å². The van der Waals surface area contributed by atoms with Crippen molar-refractivity contribution < 1.29 is 8.42 Å². The molecule has 0 amide bonds. The number of hydrogen-bond acceptors (Lipinski definition) is 2. The molecule has 0 radical (unpaired) electrons. The Morgan fingerprint density at radius 3 is 2.00 bits per heavy atom. The highest BCUT2D eigenvalue weighted by atomic mass is 32.2. The first kappa shape index (κ1) is 9.45. The number of sulfonamides is 1. The van der Waals surface area contributed by atoms with Crippen molar-refractivity contribution in [2.24, 2.45) is 9.81 Å². The maximum Gasteiger partial charge on any atom is 0.278 e. The molecule has 0 saturated carbocycles. The summed E-state index contributed by atoms with van der Waals surface area (Å²) in [6.07, 6.45) is 1.63. The van der Waals surface area contributed by atoms with Gasteiger partial charge in [-0.3, -0.25) is 0 Å². The van der Waals surface area contributed by atoms with E-state index in [9.17, 15) is 8.42 Å². The van der Waals surface area contributed by atoms with Gasteiger partial charge in [0.15, 0.2) is 0 Å². The summed E-state index contributed by atoms with van der Waals surface area (Å²) in [5.41, 5.74) is 0.449. The fourth-order valence-corrected chi connectivity index (χ4v) is 1.84. The largest absolute Gasteiger partial charge is 0.278 e. The predicted molar refractivity (Wildman–Crippen MR) is 49.6 cm³/mol. The van der Waals surface area contributed by atoms with E-state index in [1.165, 1.54) is 0 Å². The van der Waals surface area contributed by atoms with E-state index in [1.54, 1.807) is 13.0 Å². The van der Waals surface area contributed by atoms with Gasteiger partial charge < -0.3 is 0 Å². The van der Waals surface area contributed by atoms with E-state index in [2.05, 4.69) is 4.40 Å². The summed E-state index contributed by atoms with van der Waals surface area (Å²) in [6, 6.07) is 0. The van der Waals surface area contributed by atoms with Crippen molar-refractivity contribution in [3.05, 3.63) is 11.0 Å². The topological polar surface area (TPSA) is 46.5 Å². The van der Waals surface area contributed by atoms with E-state index in [-0.39, 0.29) is 5.41 Å². The molecule has 1 rings (SSSR count). The highest BCUT2D eigenvalue weighted by Gasteiger charge is 2.27. The van der Waals surface area contributed by atoms with Crippen LogP contribution in [0.5, 0.6) is 0 Å². The Morgan fingerprint density at radius 1 is 1.33 bits per heavy atom. The van der Waals surface area contributed by atoms with Crippen molar-refractivity contribution in [2.45, 2.75) is 27.7 Å². The molecular formula is C8H13NO2S.